The van der Waals surface area contributed by atoms with Crippen molar-refractivity contribution in [3.63, 3.8) is 0 Å². The summed E-state index contributed by atoms with van der Waals surface area (Å²) in [6, 6.07) is 0. The van der Waals surface area contributed by atoms with Gasteiger partial charge in [-0.1, -0.05) is 46.8 Å². The zero-order valence-corrected chi connectivity index (χ0v) is 12.2. The highest BCUT2D eigenvalue weighted by molar-refractivity contribution is 4.93. The molecule has 1 rings (SSSR count). The summed E-state index contributed by atoms with van der Waals surface area (Å²) in [5.74, 6) is 0. The quantitative estimate of drug-likeness (QED) is 0.799. The van der Waals surface area contributed by atoms with Crippen LogP contribution in [0.25, 0.3) is 0 Å². The van der Waals surface area contributed by atoms with Crippen LogP contribution in [0.3, 0.4) is 0 Å². The van der Waals surface area contributed by atoms with Crippen molar-refractivity contribution in [3.8, 4) is 0 Å². The maximum absolute atomic E-state index is 4.23. The molecule has 0 aromatic carbocycles. The van der Waals surface area contributed by atoms with E-state index in [1.165, 1.54) is 12.8 Å². The Morgan fingerprint density at radius 1 is 1.06 bits per heavy atom. The van der Waals surface area contributed by atoms with Crippen LogP contribution in [-0.4, -0.2) is 15.0 Å². The highest BCUT2D eigenvalue weighted by Gasteiger charge is 2.13. The number of rotatable bonds is 4. The number of hydrogen-bond acceptors (Lipinski definition) is 2. The third-order valence-electron chi connectivity index (χ3n) is 2.58. The van der Waals surface area contributed by atoms with Gasteiger partial charge in [-0.25, -0.2) is 0 Å². The normalized spacial score (nSPS) is 13.1. The lowest BCUT2D eigenvalue weighted by Gasteiger charge is -2.17. The Hall–Kier alpha value is -0.860. The standard InChI is InChI=1S/C14H27N3/c1-13(2,3)9-7-8-12-10-17(16-15-12)11-14(4,5)6/h10H,7-9,11H2,1-6H3. The first-order chi connectivity index (χ1) is 7.66. The molecule has 1 aromatic heterocycles. The summed E-state index contributed by atoms with van der Waals surface area (Å²) >= 11 is 0. The van der Waals surface area contributed by atoms with Gasteiger partial charge in [0.15, 0.2) is 0 Å². The fourth-order valence-electron chi connectivity index (χ4n) is 1.82. The lowest BCUT2D eigenvalue weighted by atomic mass is 9.89. The molecule has 0 aliphatic heterocycles. The van der Waals surface area contributed by atoms with Crippen molar-refractivity contribution in [3.05, 3.63) is 11.9 Å². The maximum Gasteiger partial charge on any atom is 0.0827 e. The molecule has 0 radical (unpaired) electrons. The van der Waals surface area contributed by atoms with Crippen molar-refractivity contribution in [1.29, 1.82) is 0 Å². The molecule has 0 bridgehead atoms. The molecule has 0 fully saturated rings. The Morgan fingerprint density at radius 2 is 1.71 bits per heavy atom. The monoisotopic (exact) mass is 237 g/mol. The third-order valence-corrected chi connectivity index (χ3v) is 2.58. The third kappa shape index (κ3) is 6.44. The van der Waals surface area contributed by atoms with Gasteiger partial charge in [0.05, 0.1) is 5.69 Å². The smallest absolute Gasteiger partial charge is 0.0827 e. The van der Waals surface area contributed by atoms with Gasteiger partial charge in [-0.15, -0.1) is 5.10 Å². The second-order valence-electron chi connectivity index (χ2n) is 7.38. The molecule has 0 spiro atoms. The van der Waals surface area contributed by atoms with Crippen LogP contribution in [0.5, 0.6) is 0 Å². The Balaban J connectivity index is 2.41. The second kappa shape index (κ2) is 5.19. The van der Waals surface area contributed by atoms with Crippen molar-refractivity contribution in [1.82, 2.24) is 15.0 Å². The van der Waals surface area contributed by atoms with Gasteiger partial charge in [0, 0.05) is 12.7 Å². The van der Waals surface area contributed by atoms with Crippen LogP contribution < -0.4 is 0 Å². The van der Waals surface area contributed by atoms with Crippen LogP contribution in [0.15, 0.2) is 6.20 Å². The van der Waals surface area contributed by atoms with Crippen LogP contribution in [0, 0.1) is 10.8 Å². The van der Waals surface area contributed by atoms with Crippen molar-refractivity contribution in [2.75, 3.05) is 0 Å². The molecule has 0 atom stereocenters. The Morgan fingerprint density at radius 3 is 2.24 bits per heavy atom. The predicted octanol–water partition coefficient (Wildman–Crippen LogP) is 3.69. The number of nitrogens with zero attached hydrogens (tertiary/aromatic N) is 3. The van der Waals surface area contributed by atoms with E-state index in [0.717, 1.165) is 18.7 Å². The summed E-state index contributed by atoms with van der Waals surface area (Å²) in [4.78, 5) is 0. The summed E-state index contributed by atoms with van der Waals surface area (Å²) in [7, 11) is 0. The molecule has 3 nitrogen and oxygen atoms in total. The van der Waals surface area contributed by atoms with Gasteiger partial charge >= 0.3 is 0 Å². The zero-order chi connectivity index (χ0) is 13.1. The Kier molecular flexibility index (Phi) is 4.34. The summed E-state index contributed by atoms with van der Waals surface area (Å²) in [6.45, 7) is 14.4. The molecule has 0 amide bonds. The Bertz CT molecular complexity index is 339. The minimum Gasteiger partial charge on any atom is -0.252 e. The number of aryl methyl sites for hydroxylation is 1. The molecule has 0 unspecified atom stereocenters. The molecule has 0 N–H and O–H groups in total. The fraction of sp³-hybridized carbons (Fsp3) is 0.857. The van der Waals surface area contributed by atoms with E-state index in [0.29, 0.717) is 5.41 Å². The summed E-state index contributed by atoms with van der Waals surface area (Å²) in [5, 5.41) is 8.42. The highest BCUT2D eigenvalue weighted by Crippen LogP contribution is 2.21. The van der Waals surface area contributed by atoms with Crippen LogP contribution in [0.4, 0.5) is 0 Å². The molecular formula is C14H27N3. The highest BCUT2D eigenvalue weighted by atomic mass is 15.4. The van der Waals surface area contributed by atoms with E-state index >= 15 is 0 Å². The molecular weight excluding hydrogens is 210 g/mol. The molecule has 1 aromatic rings. The van der Waals surface area contributed by atoms with Crippen molar-refractivity contribution in [2.45, 2.75) is 67.3 Å². The fourth-order valence-corrected chi connectivity index (χ4v) is 1.82. The molecule has 0 saturated carbocycles. The average molecular weight is 237 g/mol. The molecule has 1 heterocycles. The van der Waals surface area contributed by atoms with E-state index in [1.54, 1.807) is 0 Å². The Labute approximate surface area is 106 Å². The van der Waals surface area contributed by atoms with Crippen LogP contribution in [0.1, 0.15) is 60.1 Å². The van der Waals surface area contributed by atoms with Gasteiger partial charge in [0.25, 0.3) is 0 Å². The lowest BCUT2D eigenvalue weighted by Crippen LogP contribution is -2.15. The van der Waals surface area contributed by atoms with Crippen LogP contribution >= 0.6 is 0 Å². The first kappa shape index (κ1) is 14.2. The van der Waals surface area contributed by atoms with E-state index in [4.69, 9.17) is 0 Å². The number of hydrogen-bond donors (Lipinski definition) is 0. The topological polar surface area (TPSA) is 30.7 Å². The first-order valence-corrected chi connectivity index (χ1v) is 6.55. The van der Waals surface area contributed by atoms with E-state index in [1.807, 2.05) is 4.68 Å². The lowest BCUT2D eigenvalue weighted by molar-refractivity contribution is 0.321. The van der Waals surface area contributed by atoms with Crippen LogP contribution in [-0.2, 0) is 13.0 Å². The van der Waals surface area contributed by atoms with E-state index in [9.17, 15) is 0 Å². The summed E-state index contributed by atoms with van der Waals surface area (Å²) in [6.07, 6.45) is 5.56. The summed E-state index contributed by atoms with van der Waals surface area (Å²) in [5.41, 5.74) is 1.80. The molecule has 98 valence electrons. The van der Waals surface area contributed by atoms with Gasteiger partial charge in [-0.2, -0.15) is 0 Å². The molecule has 0 aliphatic carbocycles. The first-order valence-electron chi connectivity index (χ1n) is 6.55. The minimum atomic E-state index is 0.260. The zero-order valence-electron chi connectivity index (χ0n) is 12.2. The van der Waals surface area contributed by atoms with Gasteiger partial charge in [-0.05, 0) is 30.1 Å². The number of aromatic nitrogens is 3. The largest absolute Gasteiger partial charge is 0.252 e. The summed E-state index contributed by atoms with van der Waals surface area (Å²) < 4.78 is 1.96. The molecule has 17 heavy (non-hydrogen) atoms. The minimum absolute atomic E-state index is 0.260. The van der Waals surface area contributed by atoms with E-state index in [2.05, 4.69) is 58.1 Å². The van der Waals surface area contributed by atoms with Crippen molar-refractivity contribution < 1.29 is 0 Å². The molecule has 0 saturated heterocycles. The van der Waals surface area contributed by atoms with E-state index < -0.39 is 0 Å². The average Bonchev–Trinajstić information content (AvgIpc) is 2.46. The van der Waals surface area contributed by atoms with E-state index in [-0.39, 0.29) is 5.41 Å². The van der Waals surface area contributed by atoms with Crippen LogP contribution in [0.2, 0.25) is 0 Å². The van der Waals surface area contributed by atoms with Gasteiger partial charge in [0.1, 0.15) is 0 Å². The SMILES string of the molecule is CC(C)(C)CCCc1cn(CC(C)(C)C)nn1. The molecule has 3 heteroatoms. The second-order valence-corrected chi connectivity index (χ2v) is 7.38. The maximum atomic E-state index is 4.23. The van der Waals surface area contributed by atoms with Gasteiger partial charge < -0.3 is 0 Å². The van der Waals surface area contributed by atoms with Crippen molar-refractivity contribution >= 4 is 0 Å². The van der Waals surface area contributed by atoms with Gasteiger partial charge in [0.2, 0.25) is 0 Å². The predicted molar refractivity (Wildman–Crippen MR) is 71.9 cm³/mol. The molecule has 0 aliphatic rings. The van der Waals surface area contributed by atoms with Gasteiger partial charge in [-0.3, -0.25) is 4.68 Å². The van der Waals surface area contributed by atoms with Crippen molar-refractivity contribution in [2.24, 2.45) is 10.8 Å².